The highest BCUT2D eigenvalue weighted by Crippen LogP contribution is 2.40. The molecule has 25 heavy (non-hydrogen) atoms. The molecule has 0 saturated heterocycles. The number of likely N-dealkylation sites (N-methyl/N-ethyl adjacent to an activating group) is 1. The van der Waals surface area contributed by atoms with Crippen molar-refractivity contribution in [3.05, 3.63) is 88.1 Å². The highest BCUT2D eigenvalue weighted by Gasteiger charge is 2.39. The molecule has 2 aromatic carbocycles. The van der Waals surface area contributed by atoms with Gasteiger partial charge in [-0.05, 0) is 36.5 Å². The topological polar surface area (TPSA) is 12.5 Å². The molecule has 3 aromatic rings. The molecule has 1 aromatic heterocycles. The summed E-state index contributed by atoms with van der Waals surface area (Å²) in [6.07, 6.45) is 1.02. The Labute approximate surface area is 153 Å². The molecule has 0 aliphatic carbocycles. The number of hydrogen-bond donors (Lipinski definition) is 0. The summed E-state index contributed by atoms with van der Waals surface area (Å²) in [5.74, 6) is 1.06. The first-order valence-corrected chi connectivity index (χ1v) is 9.57. The summed E-state index contributed by atoms with van der Waals surface area (Å²) in [7, 11) is 2.23. The van der Waals surface area contributed by atoms with Crippen molar-refractivity contribution in [1.29, 1.82) is 0 Å². The third kappa shape index (κ3) is 3.10. The molecule has 0 saturated carbocycles. The molecule has 0 radical (unpaired) electrons. The van der Waals surface area contributed by atoms with Crippen LogP contribution in [-0.4, -0.2) is 24.1 Å². The SMILES string of the molecule is CN(C(c1ccccc1)c1ccccc1)C1(C)COc2ccsc2C1. The Morgan fingerprint density at radius 2 is 1.56 bits per heavy atom. The highest BCUT2D eigenvalue weighted by atomic mass is 32.1. The van der Waals surface area contributed by atoms with Crippen molar-refractivity contribution >= 4 is 11.3 Å². The highest BCUT2D eigenvalue weighted by molar-refractivity contribution is 7.10. The van der Waals surface area contributed by atoms with E-state index in [0.29, 0.717) is 6.61 Å². The van der Waals surface area contributed by atoms with Gasteiger partial charge in [0.25, 0.3) is 0 Å². The van der Waals surface area contributed by atoms with Crippen LogP contribution >= 0.6 is 11.3 Å². The van der Waals surface area contributed by atoms with E-state index in [1.54, 1.807) is 11.3 Å². The Morgan fingerprint density at radius 3 is 2.16 bits per heavy atom. The van der Waals surface area contributed by atoms with Crippen LogP contribution in [0.15, 0.2) is 72.1 Å². The number of benzene rings is 2. The Bertz CT molecular complexity index is 790. The fraction of sp³-hybridized carbons (Fsp3) is 0.273. The van der Waals surface area contributed by atoms with Crippen molar-refractivity contribution in [3.63, 3.8) is 0 Å². The van der Waals surface area contributed by atoms with Gasteiger partial charge in [-0.3, -0.25) is 4.90 Å². The van der Waals surface area contributed by atoms with Gasteiger partial charge in [0.15, 0.2) is 0 Å². The summed E-state index contributed by atoms with van der Waals surface area (Å²) >= 11 is 1.80. The molecule has 0 amide bonds. The molecular formula is C22H23NOS. The van der Waals surface area contributed by atoms with Gasteiger partial charge >= 0.3 is 0 Å². The third-order valence-electron chi connectivity index (χ3n) is 5.25. The van der Waals surface area contributed by atoms with E-state index in [4.69, 9.17) is 4.74 Å². The summed E-state index contributed by atoms with van der Waals surface area (Å²) in [5, 5.41) is 2.13. The van der Waals surface area contributed by atoms with Crippen LogP contribution in [0.1, 0.15) is 29.0 Å². The maximum absolute atomic E-state index is 6.09. The fourth-order valence-electron chi connectivity index (χ4n) is 3.67. The van der Waals surface area contributed by atoms with E-state index in [2.05, 4.69) is 91.0 Å². The van der Waals surface area contributed by atoms with E-state index in [0.717, 1.165) is 12.2 Å². The lowest BCUT2D eigenvalue weighted by Crippen LogP contribution is -2.53. The average Bonchev–Trinajstić information content (AvgIpc) is 3.11. The minimum absolute atomic E-state index is 0.0474. The van der Waals surface area contributed by atoms with Crippen molar-refractivity contribution in [2.75, 3.05) is 13.7 Å². The van der Waals surface area contributed by atoms with Gasteiger partial charge in [0, 0.05) is 11.3 Å². The van der Waals surface area contributed by atoms with Gasteiger partial charge in [-0.25, -0.2) is 0 Å². The van der Waals surface area contributed by atoms with Crippen LogP contribution in [0, 0.1) is 0 Å². The maximum Gasteiger partial charge on any atom is 0.133 e. The van der Waals surface area contributed by atoms with E-state index in [9.17, 15) is 0 Å². The number of thiophene rings is 1. The number of hydrogen-bond acceptors (Lipinski definition) is 3. The van der Waals surface area contributed by atoms with E-state index in [-0.39, 0.29) is 11.6 Å². The molecule has 1 aliphatic heterocycles. The molecule has 128 valence electrons. The van der Waals surface area contributed by atoms with Gasteiger partial charge in [0.2, 0.25) is 0 Å². The molecule has 1 aliphatic rings. The van der Waals surface area contributed by atoms with E-state index < -0.39 is 0 Å². The van der Waals surface area contributed by atoms with Crippen LogP contribution in [0.4, 0.5) is 0 Å². The third-order valence-corrected chi connectivity index (χ3v) is 6.16. The predicted molar refractivity (Wildman–Crippen MR) is 104 cm³/mol. The molecule has 3 heteroatoms. The Balaban J connectivity index is 1.72. The van der Waals surface area contributed by atoms with Gasteiger partial charge in [0.1, 0.15) is 12.4 Å². The standard InChI is InChI=1S/C22H23NOS/c1-22(15-20-19(24-16-22)13-14-25-20)23(2)21(17-9-5-3-6-10-17)18-11-7-4-8-12-18/h3-14,21H,15-16H2,1-2H3. The molecule has 0 bridgehead atoms. The maximum atomic E-state index is 6.09. The number of ether oxygens (including phenoxy) is 1. The summed E-state index contributed by atoms with van der Waals surface area (Å²) in [6, 6.07) is 23.8. The second-order valence-corrected chi connectivity index (χ2v) is 8.01. The first kappa shape index (κ1) is 16.4. The van der Waals surface area contributed by atoms with E-state index >= 15 is 0 Å². The zero-order valence-corrected chi connectivity index (χ0v) is 15.5. The van der Waals surface area contributed by atoms with Crippen LogP contribution in [0.25, 0.3) is 0 Å². The molecule has 1 unspecified atom stereocenters. The zero-order chi connectivity index (χ0) is 17.3. The normalized spacial score (nSPS) is 19.7. The lowest BCUT2D eigenvalue weighted by molar-refractivity contribution is 0.0407. The van der Waals surface area contributed by atoms with Crippen LogP contribution in [-0.2, 0) is 6.42 Å². The first-order valence-electron chi connectivity index (χ1n) is 8.69. The fourth-order valence-corrected chi connectivity index (χ4v) is 4.66. The molecular weight excluding hydrogens is 326 g/mol. The van der Waals surface area contributed by atoms with Gasteiger partial charge in [-0.1, -0.05) is 60.7 Å². The predicted octanol–water partition coefficient (Wildman–Crippen LogP) is 5.16. The van der Waals surface area contributed by atoms with Crippen LogP contribution in [0.3, 0.4) is 0 Å². The largest absolute Gasteiger partial charge is 0.490 e. The molecule has 0 fully saturated rings. The van der Waals surface area contributed by atoms with Gasteiger partial charge in [-0.15, -0.1) is 11.3 Å². The zero-order valence-electron chi connectivity index (χ0n) is 14.7. The van der Waals surface area contributed by atoms with E-state index in [1.807, 2.05) is 0 Å². The minimum Gasteiger partial charge on any atom is -0.490 e. The molecule has 0 spiro atoms. The quantitative estimate of drug-likeness (QED) is 0.645. The first-order chi connectivity index (χ1) is 12.2. The summed E-state index contributed by atoms with van der Waals surface area (Å²) in [5.41, 5.74) is 2.58. The van der Waals surface area contributed by atoms with Crippen molar-refractivity contribution in [2.24, 2.45) is 0 Å². The van der Waals surface area contributed by atoms with Crippen molar-refractivity contribution in [3.8, 4) is 5.75 Å². The summed E-state index contributed by atoms with van der Waals surface area (Å²) < 4.78 is 6.09. The number of fused-ring (bicyclic) bond motifs is 1. The smallest absolute Gasteiger partial charge is 0.133 e. The monoisotopic (exact) mass is 349 g/mol. The lowest BCUT2D eigenvalue weighted by atomic mass is 9.88. The Kier molecular flexibility index (Phi) is 4.36. The second-order valence-electron chi connectivity index (χ2n) is 7.01. The van der Waals surface area contributed by atoms with Gasteiger partial charge in [-0.2, -0.15) is 0 Å². The van der Waals surface area contributed by atoms with Crippen LogP contribution in [0.2, 0.25) is 0 Å². The van der Waals surface area contributed by atoms with E-state index in [1.165, 1.54) is 16.0 Å². The van der Waals surface area contributed by atoms with Crippen molar-refractivity contribution in [1.82, 2.24) is 4.90 Å². The average molecular weight is 349 g/mol. The van der Waals surface area contributed by atoms with Crippen LogP contribution < -0.4 is 4.74 Å². The number of nitrogens with zero attached hydrogens (tertiary/aromatic N) is 1. The summed E-state index contributed by atoms with van der Waals surface area (Å²) in [4.78, 5) is 3.83. The Hall–Kier alpha value is -2.10. The van der Waals surface area contributed by atoms with Gasteiger partial charge in [0.05, 0.1) is 11.6 Å². The number of rotatable bonds is 4. The van der Waals surface area contributed by atoms with Crippen molar-refractivity contribution < 1.29 is 4.74 Å². The summed E-state index contributed by atoms with van der Waals surface area (Å²) in [6.45, 7) is 3.03. The molecule has 0 N–H and O–H groups in total. The second kappa shape index (κ2) is 6.66. The minimum atomic E-state index is -0.0474. The molecule has 2 heterocycles. The molecule has 4 rings (SSSR count). The van der Waals surface area contributed by atoms with Gasteiger partial charge < -0.3 is 4.74 Å². The lowest BCUT2D eigenvalue weighted by Gasteiger charge is -2.45. The van der Waals surface area contributed by atoms with Crippen molar-refractivity contribution in [2.45, 2.75) is 24.9 Å². The van der Waals surface area contributed by atoms with Crippen LogP contribution in [0.5, 0.6) is 5.75 Å². The Morgan fingerprint density at radius 1 is 0.960 bits per heavy atom. The molecule has 2 nitrogen and oxygen atoms in total. The molecule has 1 atom stereocenters.